The van der Waals surface area contributed by atoms with Gasteiger partial charge in [0.05, 0.1) is 0 Å². The van der Waals surface area contributed by atoms with Crippen LogP contribution >= 0.6 is 0 Å². The average molecular weight is 254 g/mol. The van der Waals surface area contributed by atoms with E-state index in [0.717, 1.165) is 18.5 Å². The largest absolute Gasteiger partial charge is 0.364 e. The van der Waals surface area contributed by atoms with Crippen LogP contribution in [0.5, 0.6) is 0 Å². The molecule has 3 heteroatoms. The Hall–Kier alpha value is -2.03. The second kappa shape index (κ2) is 4.57. The van der Waals surface area contributed by atoms with Gasteiger partial charge in [-0.05, 0) is 36.6 Å². The predicted molar refractivity (Wildman–Crippen MR) is 77.5 cm³/mol. The van der Waals surface area contributed by atoms with E-state index in [4.69, 9.17) is 0 Å². The summed E-state index contributed by atoms with van der Waals surface area (Å²) in [7, 11) is 1.78. The number of aromatic nitrogens is 1. The summed E-state index contributed by atoms with van der Waals surface area (Å²) in [6, 6.07) is 12.8. The molecule has 1 aromatic heterocycles. The van der Waals surface area contributed by atoms with Crippen LogP contribution in [0, 0.1) is 0 Å². The first kappa shape index (κ1) is 12.0. The molecule has 2 aromatic rings. The van der Waals surface area contributed by atoms with Gasteiger partial charge in [0.25, 0.3) is 5.56 Å². The van der Waals surface area contributed by atoms with Crippen molar-refractivity contribution < 1.29 is 0 Å². The van der Waals surface area contributed by atoms with Crippen molar-refractivity contribution >= 4 is 5.69 Å². The van der Waals surface area contributed by atoms with Gasteiger partial charge >= 0.3 is 0 Å². The Balaban J connectivity index is 1.91. The number of benzene rings is 1. The number of nitrogens with zero attached hydrogens (tertiary/aromatic N) is 2. The minimum atomic E-state index is 0.0534. The molecule has 1 aliphatic heterocycles. The molecule has 0 saturated carbocycles. The third-order valence-corrected chi connectivity index (χ3v) is 3.87. The number of para-hydroxylation sites is 1. The normalized spacial score (nSPS) is 17.6. The van der Waals surface area contributed by atoms with Gasteiger partial charge in [0, 0.05) is 37.6 Å². The number of aryl methyl sites for hydroxylation is 1. The Morgan fingerprint density at radius 3 is 2.84 bits per heavy atom. The highest BCUT2D eigenvalue weighted by molar-refractivity contribution is 5.59. The van der Waals surface area contributed by atoms with Crippen molar-refractivity contribution in [1.29, 1.82) is 0 Å². The van der Waals surface area contributed by atoms with Crippen LogP contribution in [0.15, 0.2) is 47.4 Å². The lowest BCUT2D eigenvalue weighted by Gasteiger charge is -2.25. The van der Waals surface area contributed by atoms with Gasteiger partial charge in [0.2, 0.25) is 0 Å². The highest BCUT2D eigenvalue weighted by Gasteiger charge is 2.25. The maximum atomic E-state index is 11.7. The van der Waals surface area contributed by atoms with Crippen LogP contribution in [0.2, 0.25) is 0 Å². The molecule has 3 rings (SSSR count). The smallest absolute Gasteiger partial charge is 0.250 e. The molecule has 0 aliphatic carbocycles. The average Bonchev–Trinajstić information content (AvgIpc) is 2.71. The summed E-state index contributed by atoms with van der Waals surface area (Å²) < 4.78 is 1.60. The van der Waals surface area contributed by atoms with Crippen LogP contribution in [0.1, 0.15) is 18.1 Å². The van der Waals surface area contributed by atoms with Gasteiger partial charge in [-0.15, -0.1) is 0 Å². The molecule has 1 aromatic carbocycles. The SMILES string of the molecule is CC1Cc2ccccc2N1Cc1ccn(C)c(=O)c1. The van der Waals surface area contributed by atoms with E-state index in [1.165, 1.54) is 11.3 Å². The van der Waals surface area contributed by atoms with E-state index in [1.807, 2.05) is 12.3 Å². The van der Waals surface area contributed by atoms with Crippen LogP contribution < -0.4 is 10.5 Å². The Bertz CT molecular complexity index is 660. The van der Waals surface area contributed by atoms with Crippen LogP contribution in [0.3, 0.4) is 0 Å². The first-order valence-corrected chi connectivity index (χ1v) is 6.65. The Kier molecular flexibility index (Phi) is 2.90. The summed E-state index contributed by atoms with van der Waals surface area (Å²) in [6.45, 7) is 3.04. The second-order valence-electron chi connectivity index (χ2n) is 5.29. The Morgan fingerprint density at radius 1 is 1.26 bits per heavy atom. The molecular weight excluding hydrogens is 236 g/mol. The van der Waals surface area contributed by atoms with Crippen molar-refractivity contribution in [3.63, 3.8) is 0 Å². The minimum absolute atomic E-state index is 0.0534. The fraction of sp³-hybridized carbons (Fsp3) is 0.312. The predicted octanol–water partition coefficient (Wildman–Crippen LogP) is 2.34. The van der Waals surface area contributed by atoms with Crippen molar-refractivity contribution in [1.82, 2.24) is 4.57 Å². The van der Waals surface area contributed by atoms with E-state index in [9.17, 15) is 4.79 Å². The third kappa shape index (κ3) is 2.16. The molecule has 1 unspecified atom stereocenters. The van der Waals surface area contributed by atoms with Gasteiger partial charge in [-0.3, -0.25) is 4.79 Å². The molecule has 0 amide bonds. The van der Waals surface area contributed by atoms with Crippen LogP contribution in [-0.2, 0) is 20.0 Å². The maximum Gasteiger partial charge on any atom is 0.250 e. The number of anilines is 1. The van der Waals surface area contributed by atoms with Crippen molar-refractivity contribution in [2.45, 2.75) is 25.9 Å². The summed E-state index contributed by atoms with van der Waals surface area (Å²) in [5.41, 5.74) is 3.83. The van der Waals surface area contributed by atoms with E-state index in [-0.39, 0.29) is 5.56 Å². The molecule has 19 heavy (non-hydrogen) atoms. The number of hydrogen-bond acceptors (Lipinski definition) is 2. The van der Waals surface area contributed by atoms with E-state index in [0.29, 0.717) is 6.04 Å². The van der Waals surface area contributed by atoms with Crippen molar-refractivity contribution in [2.24, 2.45) is 7.05 Å². The molecule has 1 aliphatic rings. The Labute approximate surface area is 113 Å². The number of hydrogen-bond donors (Lipinski definition) is 0. The quantitative estimate of drug-likeness (QED) is 0.822. The molecular formula is C16H18N2O. The van der Waals surface area contributed by atoms with Gasteiger partial charge in [0.1, 0.15) is 0 Å². The first-order chi connectivity index (χ1) is 9.15. The molecule has 0 N–H and O–H groups in total. The molecule has 0 radical (unpaired) electrons. The molecule has 0 bridgehead atoms. The summed E-state index contributed by atoms with van der Waals surface area (Å²) in [5, 5.41) is 0. The molecule has 3 nitrogen and oxygen atoms in total. The van der Waals surface area contributed by atoms with Gasteiger partial charge in [0.15, 0.2) is 0 Å². The van der Waals surface area contributed by atoms with E-state index in [2.05, 4.69) is 36.1 Å². The molecule has 98 valence electrons. The van der Waals surface area contributed by atoms with E-state index < -0.39 is 0 Å². The summed E-state index contributed by atoms with van der Waals surface area (Å²) in [5.74, 6) is 0. The van der Waals surface area contributed by atoms with Crippen LogP contribution in [0.4, 0.5) is 5.69 Å². The van der Waals surface area contributed by atoms with E-state index in [1.54, 1.807) is 17.7 Å². The summed E-state index contributed by atoms with van der Waals surface area (Å²) in [6.07, 6.45) is 2.92. The molecule has 1 atom stereocenters. The lowest BCUT2D eigenvalue weighted by Crippen LogP contribution is -2.29. The topological polar surface area (TPSA) is 25.2 Å². The Morgan fingerprint density at radius 2 is 2.05 bits per heavy atom. The number of pyridine rings is 1. The number of fused-ring (bicyclic) bond motifs is 1. The monoisotopic (exact) mass is 254 g/mol. The highest BCUT2D eigenvalue weighted by Crippen LogP contribution is 2.32. The maximum absolute atomic E-state index is 11.7. The summed E-state index contributed by atoms with van der Waals surface area (Å²) in [4.78, 5) is 14.1. The molecule has 0 fully saturated rings. The lowest BCUT2D eigenvalue weighted by molar-refractivity contribution is 0.670. The zero-order valence-corrected chi connectivity index (χ0v) is 11.3. The first-order valence-electron chi connectivity index (χ1n) is 6.65. The standard InChI is InChI=1S/C16H18N2O/c1-12-9-14-5-3-4-6-15(14)18(12)11-13-7-8-17(2)16(19)10-13/h3-8,10,12H,9,11H2,1-2H3. The number of rotatable bonds is 2. The molecule has 0 spiro atoms. The molecule has 2 heterocycles. The minimum Gasteiger partial charge on any atom is -0.364 e. The second-order valence-corrected chi connectivity index (χ2v) is 5.29. The fourth-order valence-electron chi connectivity index (χ4n) is 2.76. The van der Waals surface area contributed by atoms with E-state index >= 15 is 0 Å². The highest BCUT2D eigenvalue weighted by atomic mass is 16.1. The van der Waals surface area contributed by atoms with Gasteiger partial charge in [-0.25, -0.2) is 0 Å². The van der Waals surface area contributed by atoms with Crippen molar-refractivity contribution in [3.05, 3.63) is 64.1 Å². The third-order valence-electron chi connectivity index (χ3n) is 3.87. The van der Waals surface area contributed by atoms with Gasteiger partial charge < -0.3 is 9.47 Å². The van der Waals surface area contributed by atoms with Crippen molar-refractivity contribution in [2.75, 3.05) is 4.90 Å². The van der Waals surface area contributed by atoms with Crippen LogP contribution in [-0.4, -0.2) is 10.6 Å². The van der Waals surface area contributed by atoms with Gasteiger partial charge in [-0.1, -0.05) is 18.2 Å². The lowest BCUT2D eigenvalue weighted by atomic mass is 10.1. The van der Waals surface area contributed by atoms with Crippen molar-refractivity contribution in [3.8, 4) is 0 Å². The van der Waals surface area contributed by atoms with Gasteiger partial charge in [-0.2, -0.15) is 0 Å². The summed E-state index contributed by atoms with van der Waals surface area (Å²) >= 11 is 0. The van der Waals surface area contributed by atoms with Crippen LogP contribution in [0.25, 0.3) is 0 Å². The molecule has 0 saturated heterocycles. The zero-order valence-electron chi connectivity index (χ0n) is 11.3. The fourth-order valence-corrected chi connectivity index (χ4v) is 2.76. The zero-order chi connectivity index (χ0) is 13.4.